The summed E-state index contributed by atoms with van der Waals surface area (Å²) < 4.78 is 1.18. The summed E-state index contributed by atoms with van der Waals surface area (Å²) in [6.45, 7) is 0. The Morgan fingerprint density at radius 3 is 2.71 bits per heavy atom. The van der Waals surface area contributed by atoms with Crippen molar-refractivity contribution in [1.29, 1.82) is 0 Å². The molecule has 7 heteroatoms. The molecule has 24 heavy (non-hydrogen) atoms. The Balaban J connectivity index is 1.33. The van der Waals surface area contributed by atoms with Gasteiger partial charge in [-0.2, -0.15) is 0 Å². The van der Waals surface area contributed by atoms with E-state index < -0.39 is 0 Å². The first-order valence-electron chi connectivity index (χ1n) is 7.45. The minimum atomic E-state index is -0.0693. The molecule has 0 spiro atoms. The van der Waals surface area contributed by atoms with Gasteiger partial charge in [0.2, 0.25) is 11.9 Å². The molecule has 0 aliphatic rings. The molecule has 0 saturated heterocycles. The van der Waals surface area contributed by atoms with Crippen molar-refractivity contribution in [2.45, 2.75) is 5.75 Å². The molecule has 1 amide bonds. The van der Waals surface area contributed by atoms with Crippen LogP contribution in [0.15, 0.2) is 48.5 Å². The topological polar surface area (TPSA) is 70.7 Å². The molecule has 0 unspecified atom stereocenters. The summed E-state index contributed by atoms with van der Waals surface area (Å²) in [6, 6.07) is 15.8. The maximum Gasteiger partial charge on any atom is 0.236 e. The average molecular weight is 354 g/mol. The zero-order chi connectivity index (χ0) is 16.4. The van der Waals surface area contributed by atoms with Gasteiger partial charge in [-0.05, 0) is 24.3 Å². The second-order valence-corrected chi connectivity index (χ2v) is 7.32. The van der Waals surface area contributed by atoms with E-state index in [1.165, 1.54) is 4.70 Å². The highest BCUT2D eigenvalue weighted by Gasteiger charge is 2.08. The number of nitrogens with zero attached hydrogens (tertiary/aromatic N) is 2. The lowest BCUT2D eigenvalue weighted by atomic mass is 10.3. The first-order chi connectivity index (χ1) is 11.8. The molecular weight excluding hydrogens is 340 g/mol. The number of rotatable bonds is 5. The van der Waals surface area contributed by atoms with E-state index in [0.717, 1.165) is 27.3 Å². The van der Waals surface area contributed by atoms with Crippen LogP contribution >= 0.6 is 23.1 Å². The van der Waals surface area contributed by atoms with Crippen LogP contribution in [-0.4, -0.2) is 26.6 Å². The molecule has 2 heterocycles. The average Bonchev–Trinajstić information content (AvgIpc) is 3.17. The monoisotopic (exact) mass is 354 g/mol. The van der Waals surface area contributed by atoms with Crippen LogP contribution in [0.1, 0.15) is 5.01 Å². The van der Waals surface area contributed by atoms with Crippen molar-refractivity contribution in [1.82, 2.24) is 15.0 Å². The van der Waals surface area contributed by atoms with Crippen LogP contribution in [0.25, 0.3) is 21.3 Å². The molecule has 0 atom stereocenters. The third-order valence-corrected chi connectivity index (χ3v) is 5.61. The number of fused-ring (bicyclic) bond motifs is 2. The lowest BCUT2D eigenvalue weighted by Crippen LogP contribution is -2.15. The van der Waals surface area contributed by atoms with Crippen molar-refractivity contribution in [2.75, 3.05) is 11.1 Å². The van der Waals surface area contributed by atoms with Gasteiger partial charge in [0.15, 0.2) is 0 Å². The number of H-pyrrole nitrogens is 1. The van der Waals surface area contributed by atoms with Crippen molar-refractivity contribution in [2.24, 2.45) is 0 Å². The van der Waals surface area contributed by atoms with Gasteiger partial charge in [0, 0.05) is 5.75 Å². The van der Waals surface area contributed by atoms with Crippen LogP contribution in [0, 0.1) is 0 Å². The van der Waals surface area contributed by atoms with Gasteiger partial charge in [0.25, 0.3) is 0 Å². The van der Waals surface area contributed by atoms with Gasteiger partial charge in [-0.1, -0.05) is 24.3 Å². The molecule has 0 radical (unpaired) electrons. The van der Waals surface area contributed by atoms with Crippen LogP contribution in [-0.2, 0) is 10.5 Å². The molecule has 0 bridgehead atoms. The van der Waals surface area contributed by atoms with E-state index in [4.69, 9.17) is 0 Å². The Hall–Kier alpha value is -2.38. The molecule has 0 aliphatic carbocycles. The molecule has 5 nitrogen and oxygen atoms in total. The van der Waals surface area contributed by atoms with Crippen molar-refractivity contribution in [3.05, 3.63) is 53.5 Å². The lowest BCUT2D eigenvalue weighted by molar-refractivity contribution is -0.113. The number of thiazole rings is 1. The highest BCUT2D eigenvalue weighted by Crippen LogP contribution is 2.24. The number of hydrogen-bond acceptors (Lipinski definition) is 5. The van der Waals surface area contributed by atoms with Gasteiger partial charge >= 0.3 is 0 Å². The molecule has 4 rings (SSSR count). The predicted molar refractivity (Wildman–Crippen MR) is 101 cm³/mol. The molecule has 4 aromatic rings. The number of hydrogen-bond donors (Lipinski definition) is 2. The Morgan fingerprint density at radius 1 is 1.08 bits per heavy atom. The van der Waals surface area contributed by atoms with E-state index in [1.54, 1.807) is 23.1 Å². The molecule has 0 aliphatic heterocycles. The van der Waals surface area contributed by atoms with Crippen molar-refractivity contribution < 1.29 is 4.79 Å². The number of imidazole rings is 1. The highest BCUT2D eigenvalue weighted by molar-refractivity contribution is 7.99. The van der Waals surface area contributed by atoms with E-state index in [2.05, 4.69) is 26.3 Å². The Morgan fingerprint density at radius 2 is 1.88 bits per heavy atom. The van der Waals surface area contributed by atoms with Crippen LogP contribution in [0.4, 0.5) is 5.95 Å². The quantitative estimate of drug-likeness (QED) is 0.567. The molecular formula is C17H14N4OS2. The zero-order valence-electron chi connectivity index (χ0n) is 12.7. The Bertz CT molecular complexity index is 942. The molecule has 120 valence electrons. The lowest BCUT2D eigenvalue weighted by Gasteiger charge is -2.00. The molecule has 2 aromatic carbocycles. The van der Waals surface area contributed by atoms with Gasteiger partial charge in [0.05, 0.1) is 27.0 Å². The minimum absolute atomic E-state index is 0.0693. The number of anilines is 1. The highest BCUT2D eigenvalue weighted by atomic mass is 32.2. The van der Waals surface area contributed by atoms with Gasteiger partial charge in [0.1, 0.15) is 5.01 Å². The van der Waals surface area contributed by atoms with Crippen molar-refractivity contribution in [3.63, 3.8) is 0 Å². The number of aromatic amines is 1. The summed E-state index contributed by atoms with van der Waals surface area (Å²) in [4.78, 5) is 24.0. The van der Waals surface area contributed by atoms with Gasteiger partial charge < -0.3 is 4.98 Å². The third kappa shape index (κ3) is 3.27. The molecule has 0 fully saturated rings. The van der Waals surface area contributed by atoms with Crippen LogP contribution in [0.3, 0.4) is 0 Å². The minimum Gasteiger partial charge on any atom is -0.324 e. The van der Waals surface area contributed by atoms with Gasteiger partial charge in [-0.15, -0.1) is 23.1 Å². The summed E-state index contributed by atoms with van der Waals surface area (Å²) >= 11 is 3.22. The number of carbonyl (C=O) groups excluding carboxylic acids is 1. The number of nitrogens with one attached hydrogen (secondary N) is 2. The van der Waals surface area contributed by atoms with Crippen LogP contribution in [0.5, 0.6) is 0 Å². The fraction of sp³-hybridized carbons (Fsp3) is 0.118. The maximum atomic E-state index is 12.0. The first kappa shape index (κ1) is 15.2. The van der Waals surface area contributed by atoms with Crippen molar-refractivity contribution in [3.8, 4) is 0 Å². The Kier molecular flexibility index (Phi) is 4.18. The molecule has 2 aromatic heterocycles. The standard InChI is InChI=1S/C17H14N4OS2/c22-15(21-17-19-11-5-1-2-6-12(11)20-17)9-23-10-16-18-13-7-3-4-8-14(13)24-16/h1-8H,9-10H2,(H2,19,20,21,22). The normalized spacial score (nSPS) is 11.2. The summed E-state index contributed by atoms with van der Waals surface area (Å²) in [7, 11) is 0. The third-order valence-electron chi connectivity index (χ3n) is 3.44. The van der Waals surface area contributed by atoms with E-state index in [9.17, 15) is 4.79 Å². The Labute approximate surface area is 146 Å². The number of thioether (sulfide) groups is 1. The van der Waals surface area contributed by atoms with Crippen LogP contribution in [0.2, 0.25) is 0 Å². The fourth-order valence-electron chi connectivity index (χ4n) is 2.39. The summed E-state index contributed by atoms with van der Waals surface area (Å²) in [5, 5.41) is 3.84. The first-order valence-corrected chi connectivity index (χ1v) is 9.42. The predicted octanol–water partition coefficient (Wildman–Crippen LogP) is 4.04. The number of amides is 1. The SMILES string of the molecule is O=C(CSCc1nc2ccccc2s1)Nc1nc2ccccc2[nH]1. The van der Waals surface area contributed by atoms with E-state index in [-0.39, 0.29) is 5.91 Å². The number of carbonyl (C=O) groups is 1. The van der Waals surface area contributed by atoms with Crippen LogP contribution < -0.4 is 5.32 Å². The maximum absolute atomic E-state index is 12.0. The second-order valence-electron chi connectivity index (χ2n) is 5.22. The number of para-hydroxylation sites is 3. The van der Waals surface area contributed by atoms with E-state index in [1.807, 2.05) is 42.5 Å². The van der Waals surface area contributed by atoms with Gasteiger partial charge in [-0.25, -0.2) is 9.97 Å². The van der Waals surface area contributed by atoms with E-state index >= 15 is 0 Å². The number of aromatic nitrogens is 3. The second kappa shape index (κ2) is 6.62. The zero-order valence-corrected chi connectivity index (χ0v) is 14.3. The smallest absolute Gasteiger partial charge is 0.236 e. The van der Waals surface area contributed by atoms with Crippen molar-refractivity contribution >= 4 is 56.2 Å². The summed E-state index contributed by atoms with van der Waals surface area (Å²) in [5.74, 6) is 1.52. The summed E-state index contributed by atoms with van der Waals surface area (Å²) in [6.07, 6.45) is 0. The molecule has 2 N–H and O–H groups in total. The fourth-order valence-corrected chi connectivity index (χ4v) is 4.24. The molecule has 0 saturated carbocycles. The number of benzene rings is 2. The van der Waals surface area contributed by atoms with E-state index in [0.29, 0.717) is 11.7 Å². The van der Waals surface area contributed by atoms with Gasteiger partial charge in [-0.3, -0.25) is 10.1 Å². The largest absolute Gasteiger partial charge is 0.324 e. The summed E-state index contributed by atoms with van der Waals surface area (Å²) in [5.41, 5.74) is 2.77.